The fourth-order valence-corrected chi connectivity index (χ4v) is 0.852. The number of hydrazine groups is 1. The predicted molar refractivity (Wildman–Crippen MR) is 39.2 cm³/mol. The molecule has 4 nitrogen and oxygen atoms in total. The van der Waals surface area contributed by atoms with E-state index in [9.17, 15) is 0 Å². The van der Waals surface area contributed by atoms with Gasteiger partial charge in [-0.2, -0.15) is 0 Å². The lowest BCUT2D eigenvalue weighted by molar-refractivity contribution is 0.206. The van der Waals surface area contributed by atoms with E-state index in [2.05, 4.69) is 10.5 Å². The Labute approximate surface area is 68.1 Å². The minimum absolute atomic E-state index is 0.269. The van der Waals surface area contributed by atoms with Crippen LogP contribution in [0.15, 0.2) is 17.1 Å². The van der Waals surface area contributed by atoms with Crippen molar-refractivity contribution in [2.45, 2.75) is 0 Å². The molecule has 56 valence electrons. The van der Waals surface area contributed by atoms with Crippen molar-refractivity contribution in [2.75, 3.05) is 7.11 Å². The van der Waals surface area contributed by atoms with E-state index in [0.29, 0.717) is 5.88 Å². The summed E-state index contributed by atoms with van der Waals surface area (Å²) in [7, 11) is 1.50. The van der Waals surface area contributed by atoms with Crippen molar-refractivity contribution in [3.63, 3.8) is 0 Å². The van der Waals surface area contributed by atoms with E-state index in [4.69, 9.17) is 28.1 Å². The Kier molecular flexibility index (Phi) is 2.24. The van der Waals surface area contributed by atoms with E-state index in [1.165, 1.54) is 13.2 Å². The van der Waals surface area contributed by atoms with Crippen molar-refractivity contribution in [3.8, 4) is 0 Å². The third-order valence-electron chi connectivity index (χ3n) is 0.856. The largest absolute Gasteiger partial charge is 0.481 e. The third kappa shape index (κ3) is 1.68. The summed E-state index contributed by atoms with van der Waals surface area (Å²) in [5.41, 5.74) is 2.56. The first-order valence-electron chi connectivity index (χ1n) is 2.44. The summed E-state index contributed by atoms with van der Waals surface area (Å²) in [4.78, 5) is 0. The number of hydrogen-bond acceptors (Lipinski definition) is 4. The molecule has 0 amide bonds. The average molecular weight is 182 g/mol. The number of methoxy groups -OCH3 is 1. The van der Waals surface area contributed by atoms with Crippen LogP contribution in [0.5, 0.6) is 0 Å². The second kappa shape index (κ2) is 2.98. The van der Waals surface area contributed by atoms with Crippen molar-refractivity contribution in [1.29, 1.82) is 0 Å². The average Bonchev–Trinajstić information content (AvgIpc) is 1.85. The number of hydrogen-bond donors (Lipinski definition) is 1. The van der Waals surface area contributed by atoms with E-state index >= 15 is 0 Å². The molecule has 0 unspecified atom stereocenters. The molecule has 0 aromatic carbocycles. The number of nitrogens with one attached hydrogen (secondary N) is 1. The smallest absolute Gasteiger partial charge is 0.211 e. The molecular weight excluding hydrogens is 177 g/mol. The molecule has 1 aliphatic rings. The second-order valence-corrected chi connectivity index (χ2v) is 2.21. The second-order valence-electron chi connectivity index (χ2n) is 1.51. The molecule has 0 bridgehead atoms. The van der Waals surface area contributed by atoms with Crippen LogP contribution < -0.4 is 5.43 Å². The Morgan fingerprint density at radius 2 is 2.50 bits per heavy atom. The molecule has 0 saturated carbocycles. The number of halogens is 2. The highest BCUT2D eigenvalue weighted by Crippen LogP contribution is 2.06. The van der Waals surface area contributed by atoms with Crippen LogP contribution >= 0.6 is 23.4 Å². The molecule has 0 spiro atoms. The zero-order chi connectivity index (χ0) is 7.56. The highest BCUT2D eigenvalue weighted by molar-refractivity contribution is 6.68. The first kappa shape index (κ1) is 7.50. The normalized spacial score (nSPS) is 17.3. The van der Waals surface area contributed by atoms with Gasteiger partial charge in [-0.25, -0.2) is 5.43 Å². The van der Waals surface area contributed by atoms with Gasteiger partial charge in [0, 0.05) is 6.08 Å². The zero-order valence-electron chi connectivity index (χ0n) is 5.14. The van der Waals surface area contributed by atoms with Gasteiger partial charge in [-0.1, -0.05) is 11.6 Å². The fourth-order valence-electron chi connectivity index (χ4n) is 0.474. The third-order valence-corrected chi connectivity index (χ3v) is 1.20. The Morgan fingerprint density at radius 1 is 1.80 bits per heavy atom. The summed E-state index contributed by atoms with van der Waals surface area (Å²) in [6, 6.07) is 0. The van der Waals surface area contributed by atoms with Crippen molar-refractivity contribution < 1.29 is 4.74 Å². The number of hydrazone groups is 1. The van der Waals surface area contributed by atoms with Gasteiger partial charge in [0.2, 0.25) is 5.88 Å². The molecule has 10 heavy (non-hydrogen) atoms. The summed E-state index contributed by atoms with van der Waals surface area (Å²) in [5.74, 6) is 0.454. The number of rotatable bonds is 1. The van der Waals surface area contributed by atoms with E-state index in [1.807, 2.05) is 0 Å². The van der Waals surface area contributed by atoms with Crippen LogP contribution in [0.25, 0.3) is 0 Å². The molecule has 0 aliphatic carbocycles. The van der Waals surface area contributed by atoms with Gasteiger partial charge in [0.1, 0.15) is 0 Å². The van der Waals surface area contributed by atoms with Crippen LogP contribution in [0, 0.1) is 0 Å². The first-order valence-corrected chi connectivity index (χ1v) is 3.16. The van der Waals surface area contributed by atoms with E-state index in [1.54, 1.807) is 0 Å². The van der Waals surface area contributed by atoms with Crippen LogP contribution in [0.3, 0.4) is 0 Å². The molecule has 0 atom stereocenters. The van der Waals surface area contributed by atoms with Gasteiger partial charge in [-0.15, -0.1) is 9.74 Å². The number of allylic oxidation sites excluding steroid dienone is 1. The van der Waals surface area contributed by atoms with Crippen LogP contribution in [0.4, 0.5) is 0 Å². The van der Waals surface area contributed by atoms with Crippen molar-refractivity contribution in [1.82, 2.24) is 10.1 Å². The summed E-state index contributed by atoms with van der Waals surface area (Å²) < 4.78 is 5.74. The molecule has 1 heterocycles. The van der Waals surface area contributed by atoms with Crippen LogP contribution in [-0.2, 0) is 4.74 Å². The molecule has 1 N–H and O–H groups in total. The maximum absolute atomic E-state index is 5.51. The molecule has 1 rings (SSSR count). The Balaban J connectivity index is 2.70. The Hall–Kier alpha value is -0.610. The highest BCUT2D eigenvalue weighted by Gasteiger charge is 2.08. The minimum Gasteiger partial charge on any atom is -0.481 e. The number of ether oxygens (including phenoxy) is 1. The molecule has 1 aliphatic heterocycles. The summed E-state index contributed by atoms with van der Waals surface area (Å²) in [5, 5.41) is 3.86. The van der Waals surface area contributed by atoms with Crippen molar-refractivity contribution >= 4 is 28.5 Å². The van der Waals surface area contributed by atoms with Gasteiger partial charge in [0.05, 0.1) is 18.9 Å². The van der Waals surface area contributed by atoms with Crippen LogP contribution in [0.2, 0.25) is 0 Å². The maximum atomic E-state index is 5.51. The maximum Gasteiger partial charge on any atom is 0.211 e. The molecule has 0 radical (unpaired) electrons. The van der Waals surface area contributed by atoms with Crippen LogP contribution in [0.1, 0.15) is 0 Å². The fraction of sp³-hybridized carbons (Fsp3) is 0.250. The quantitative estimate of drug-likeness (QED) is 0.614. The topological polar surface area (TPSA) is 36.9 Å². The van der Waals surface area contributed by atoms with Crippen molar-refractivity contribution in [2.24, 2.45) is 5.10 Å². The van der Waals surface area contributed by atoms with E-state index in [0.717, 1.165) is 4.64 Å². The lowest BCUT2D eigenvalue weighted by atomic mass is 10.6. The molecule has 0 saturated heterocycles. The van der Waals surface area contributed by atoms with Gasteiger partial charge < -0.3 is 4.74 Å². The highest BCUT2D eigenvalue weighted by atomic mass is 35.5. The first-order chi connectivity index (χ1) is 4.72. The van der Waals surface area contributed by atoms with Gasteiger partial charge in [0.25, 0.3) is 0 Å². The molecular formula is C4H5Cl2N3O. The minimum atomic E-state index is 0.269. The zero-order valence-corrected chi connectivity index (χ0v) is 6.65. The summed E-state index contributed by atoms with van der Waals surface area (Å²) >= 11 is 10.9. The van der Waals surface area contributed by atoms with Gasteiger partial charge in [0.15, 0.2) is 5.17 Å². The van der Waals surface area contributed by atoms with E-state index < -0.39 is 0 Å². The predicted octanol–water partition coefficient (Wildman–Crippen LogP) is 1.00. The summed E-state index contributed by atoms with van der Waals surface area (Å²) in [6.45, 7) is 0. The van der Waals surface area contributed by atoms with Gasteiger partial charge in [-0.3, -0.25) is 0 Å². The van der Waals surface area contributed by atoms with Gasteiger partial charge >= 0.3 is 0 Å². The van der Waals surface area contributed by atoms with Crippen LogP contribution in [-0.4, -0.2) is 16.9 Å². The molecule has 0 aromatic heterocycles. The lowest BCUT2D eigenvalue weighted by Crippen LogP contribution is -2.29. The standard InChI is InChI=1S/C4H5Cl2N3O/c1-10-4-2-3(5)7-9(6)8-4/h2,8H,1H3. The molecule has 0 aromatic rings. The van der Waals surface area contributed by atoms with E-state index in [-0.39, 0.29) is 5.17 Å². The van der Waals surface area contributed by atoms with Gasteiger partial charge in [-0.05, 0) is 0 Å². The Bertz CT molecular complexity index is 191. The SMILES string of the molecule is COC1=CC(Cl)=NN(Cl)N1. The number of nitrogens with zero attached hydrogens (tertiary/aromatic N) is 2. The van der Waals surface area contributed by atoms with Crippen molar-refractivity contribution in [3.05, 3.63) is 12.0 Å². The lowest BCUT2D eigenvalue weighted by Gasteiger charge is -2.17. The summed E-state index contributed by atoms with van der Waals surface area (Å²) in [6.07, 6.45) is 1.51. The Morgan fingerprint density at radius 3 is 3.00 bits per heavy atom. The monoisotopic (exact) mass is 181 g/mol. The molecule has 6 heteroatoms. The molecule has 0 fully saturated rings.